The normalized spacial score (nSPS) is 18.1. The first-order valence-electron chi connectivity index (χ1n) is 7.97. The lowest BCUT2D eigenvalue weighted by atomic mass is 10.0. The van der Waals surface area contributed by atoms with E-state index >= 15 is 0 Å². The minimum Gasteiger partial charge on any atom is -0.353 e. The molecule has 1 atom stereocenters. The average Bonchev–Trinajstić information content (AvgIpc) is 2.50. The molecule has 130 valence electrons. The fourth-order valence-corrected chi connectivity index (χ4v) is 3.05. The molecule has 6 heteroatoms. The Morgan fingerprint density at radius 2 is 1.96 bits per heavy atom. The fourth-order valence-electron chi connectivity index (χ4n) is 2.31. The topological polar surface area (TPSA) is 30.5 Å². The van der Waals surface area contributed by atoms with Crippen LogP contribution >= 0.6 is 11.9 Å². The van der Waals surface area contributed by atoms with E-state index in [2.05, 4.69) is 25.5 Å². The second-order valence-corrected chi connectivity index (χ2v) is 8.32. The van der Waals surface area contributed by atoms with Crippen molar-refractivity contribution in [2.45, 2.75) is 57.1 Å². The number of rotatable bonds is 6. The van der Waals surface area contributed by atoms with E-state index in [-0.39, 0.29) is 17.1 Å². The highest BCUT2D eigenvalue weighted by Gasteiger charge is 2.23. The maximum Gasteiger partial charge on any atom is 0.157 e. The lowest BCUT2D eigenvalue weighted by Crippen LogP contribution is -2.28. The van der Waals surface area contributed by atoms with E-state index in [4.69, 9.17) is 9.47 Å². The van der Waals surface area contributed by atoms with Gasteiger partial charge in [-0.2, -0.15) is 0 Å². The van der Waals surface area contributed by atoms with Crippen molar-refractivity contribution in [3.63, 3.8) is 0 Å². The fraction of sp³-hybridized carbons (Fsp3) is 0.647. The minimum absolute atomic E-state index is 0.0279. The summed E-state index contributed by atoms with van der Waals surface area (Å²) >= 11 is 1.52. The number of halogens is 2. The molecule has 23 heavy (non-hydrogen) atoms. The largest absolute Gasteiger partial charge is 0.353 e. The third-order valence-corrected chi connectivity index (χ3v) is 4.44. The first kappa shape index (κ1) is 18.6. The minimum atomic E-state index is -0.431. The SMILES string of the molecule is CC(C)(C)SN[C@H](CCC1OCCCO1)c1cc(F)ccc1F. The Kier molecular flexibility index (Phi) is 6.83. The zero-order chi connectivity index (χ0) is 16.9. The molecule has 0 bridgehead atoms. The highest BCUT2D eigenvalue weighted by molar-refractivity contribution is 7.98. The molecule has 0 unspecified atom stereocenters. The monoisotopic (exact) mass is 345 g/mol. The van der Waals surface area contributed by atoms with Gasteiger partial charge in [0.25, 0.3) is 0 Å². The molecular formula is C17H25F2NO2S. The molecule has 1 aliphatic rings. The average molecular weight is 345 g/mol. The van der Waals surface area contributed by atoms with Gasteiger partial charge in [-0.15, -0.1) is 0 Å². The summed E-state index contributed by atoms with van der Waals surface area (Å²) in [5, 5.41) is 0. The van der Waals surface area contributed by atoms with Gasteiger partial charge < -0.3 is 9.47 Å². The molecule has 1 aliphatic heterocycles. The van der Waals surface area contributed by atoms with E-state index in [1.165, 1.54) is 24.1 Å². The molecule has 1 aromatic rings. The van der Waals surface area contributed by atoms with Crippen LogP contribution in [0.4, 0.5) is 8.78 Å². The van der Waals surface area contributed by atoms with Crippen LogP contribution < -0.4 is 4.72 Å². The smallest absolute Gasteiger partial charge is 0.157 e. The first-order valence-corrected chi connectivity index (χ1v) is 8.78. The van der Waals surface area contributed by atoms with Crippen LogP contribution in [0.3, 0.4) is 0 Å². The summed E-state index contributed by atoms with van der Waals surface area (Å²) in [5.74, 6) is -0.831. The molecule has 1 N–H and O–H groups in total. The van der Waals surface area contributed by atoms with E-state index < -0.39 is 11.6 Å². The van der Waals surface area contributed by atoms with Crippen molar-refractivity contribution in [2.24, 2.45) is 0 Å². The van der Waals surface area contributed by atoms with Crippen LogP contribution in [0.2, 0.25) is 0 Å². The number of benzene rings is 1. The zero-order valence-corrected chi connectivity index (χ0v) is 14.7. The Bertz CT molecular complexity index is 502. The Labute approximate surface area is 141 Å². The molecule has 1 aromatic carbocycles. The third-order valence-electron chi connectivity index (χ3n) is 3.43. The van der Waals surface area contributed by atoms with Crippen molar-refractivity contribution >= 4 is 11.9 Å². The van der Waals surface area contributed by atoms with Crippen molar-refractivity contribution in [1.29, 1.82) is 0 Å². The van der Waals surface area contributed by atoms with Gasteiger partial charge in [-0.25, -0.2) is 8.78 Å². The quantitative estimate of drug-likeness (QED) is 0.764. The van der Waals surface area contributed by atoms with E-state index in [0.29, 0.717) is 31.6 Å². The molecule has 0 aliphatic carbocycles. The number of hydrogen-bond acceptors (Lipinski definition) is 4. The number of hydrogen-bond donors (Lipinski definition) is 1. The molecule has 0 amide bonds. The van der Waals surface area contributed by atoms with Gasteiger partial charge in [-0.05, 0) is 51.8 Å². The Balaban J connectivity index is 2.05. The van der Waals surface area contributed by atoms with E-state index in [1.54, 1.807) is 0 Å². The molecule has 0 radical (unpaired) electrons. The molecule has 1 heterocycles. The van der Waals surface area contributed by atoms with Crippen LogP contribution in [0.15, 0.2) is 18.2 Å². The lowest BCUT2D eigenvalue weighted by Gasteiger charge is -2.28. The summed E-state index contributed by atoms with van der Waals surface area (Å²) in [6, 6.07) is 3.28. The summed E-state index contributed by atoms with van der Waals surface area (Å²) in [5.41, 5.74) is 0.345. The van der Waals surface area contributed by atoms with Gasteiger partial charge in [0, 0.05) is 22.8 Å². The van der Waals surface area contributed by atoms with Crippen LogP contribution in [-0.2, 0) is 9.47 Å². The van der Waals surface area contributed by atoms with Gasteiger partial charge in [0.15, 0.2) is 6.29 Å². The van der Waals surface area contributed by atoms with Gasteiger partial charge >= 0.3 is 0 Å². The van der Waals surface area contributed by atoms with Crippen molar-refractivity contribution in [2.75, 3.05) is 13.2 Å². The summed E-state index contributed by atoms with van der Waals surface area (Å²) in [7, 11) is 0. The van der Waals surface area contributed by atoms with Crippen LogP contribution in [0.5, 0.6) is 0 Å². The maximum absolute atomic E-state index is 14.1. The maximum atomic E-state index is 14.1. The van der Waals surface area contributed by atoms with Crippen molar-refractivity contribution < 1.29 is 18.3 Å². The van der Waals surface area contributed by atoms with Gasteiger partial charge in [0.05, 0.1) is 13.2 Å². The van der Waals surface area contributed by atoms with Crippen LogP contribution in [0, 0.1) is 11.6 Å². The molecule has 0 saturated carbocycles. The Morgan fingerprint density at radius 1 is 1.26 bits per heavy atom. The number of nitrogens with one attached hydrogen (secondary N) is 1. The van der Waals surface area contributed by atoms with Crippen molar-refractivity contribution in [3.05, 3.63) is 35.4 Å². The molecule has 3 nitrogen and oxygen atoms in total. The standard InChI is InChI=1S/C17H25F2NO2S/c1-17(2,3)23-20-15(7-8-16-21-9-4-10-22-16)13-11-12(18)5-6-14(13)19/h5-6,11,15-16,20H,4,7-10H2,1-3H3/t15-/m1/s1. The highest BCUT2D eigenvalue weighted by atomic mass is 32.2. The van der Waals surface area contributed by atoms with Gasteiger partial charge in [-0.1, -0.05) is 11.9 Å². The van der Waals surface area contributed by atoms with Gasteiger partial charge in [0.1, 0.15) is 11.6 Å². The highest BCUT2D eigenvalue weighted by Crippen LogP contribution is 2.30. The molecule has 1 fully saturated rings. The van der Waals surface area contributed by atoms with Gasteiger partial charge in [-0.3, -0.25) is 4.72 Å². The first-order chi connectivity index (χ1) is 10.8. The Morgan fingerprint density at radius 3 is 2.61 bits per heavy atom. The molecule has 1 saturated heterocycles. The lowest BCUT2D eigenvalue weighted by molar-refractivity contribution is -0.182. The van der Waals surface area contributed by atoms with E-state index in [1.807, 2.05) is 0 Å². The Hall–Kier alpha value is -0.690. The van der Waals surface area contributed by atoms with Crippen LogP contribution in [-0.4, -0.2) is 24.3 Å². The molecular weight excluding hydrogens is 320 g/mol. The summed E-state index contributed by atoms with van der Waals surface area (Å²) in [6.45, 7) is 7.58. The summed E-state index contributed by atoms with van der Waals surface area (Å²) < 4.78 is 42.0. The van der Waals surface area contributed by atoms with Crippen LogP contribution in [0.1, 0.15) is 51.6 Å². The predicted octanol–water partition coefficient (Wildman–Crippen LogP) is 4.59. The van der Waals surface area contributed by atoms with E-state index in [0.717, 1.165) is 12.5 Å². The zero-order valence-electron chi connectivity index (χ0n) is 13.9. The second-order valence-electron chi connectivity index (χ2n) is 6.65. The molecule has 0 spiro atoms. The predicted molar refractivity (Wildman–Crippen MR) is 89.1 cm³/mol. The van der Waals surface area contributed by atoms with Crippen LogP contribution in [0.25, 0.3) is 0 Å². The van der Waals surface area contributed by atoms with E-state index in [9.17, 15) is 8.78 Å². The number of ether oxygens (including phenoxy) is 2. The second kappa shape index (κ2) is 8.42. The summed E-state index contributed by atoms with van der Waals surface area (Å²) in [4.78, 5) is 0. The van der Waals surface area contributed by atoms with Crippen molar-refractivity contribution in [3.8, 4) is 0 Å². The van der Waals surface area contributed by atoms with Gasteiger partial charge in [0.2, 0.25) is 0 Å². The van der Waals surface area contributed by atoms with Crippen molar-refractivity contribution in [1.82, 2.24) is 4.72 Å². The molecule has 0 aromatic heterocycles. The summed E-state index contributed by atoms with van der Waals surface area (Å²) in [6.07, 6.45) is 1.88. The molecule has 2 rings (SSSR count). The third kappa shape index (κ3) is 6.37.